The van der Waals surface area contributed by atoms with Gasteiger partial charge in [-0.3, -0.25) is 0 Å². The summed E-state index contributed by atoms with van der Waals surface area (Å²) in [6, 6.07) is 10.9. The fourth-order valence-corrected chi connectivity index (χ4v) is 4.54. The van der Waals surface area contributed by atoms with Crippen LogP contribution in [0.15, 0.2) is 42.6 Å². The van der Waals surface area contributed by atoms with E-state index in [1.54, 1.807) is 12.1 Å². The highest BCUT2D eigenvalue weighted by Crippen LogP contribution is 2.50. The van der Waals surface area contributed by atoms with Crippen molar-refractivity contribution in [2.75, 3.05) is 0 Å². The molecule has 7 heteroatoms. The molecule has 1 aliphatic carbocycles. The minimum atomic E-state index is -1.07. The molecule has 2 fully saturated rings. The summed E-state index contributed by atoms with van der Waals surface area (Å²) in [5.74, 6) is -0.402. The number of fused-ring (bicyclic) bond motifs is 3. The molecule has 2 aromatic rings. The molecule has 3 atom stereocenters. The SMILES string of the molecule is CC1(C)C[C@H]2OC(=O)O[C@H]2[C@]2(C1)OCc1cc(-c3cccc[n+]3[O-])ccc1O2. The van der Waals surface area contributed by atoms with Gasteiger partial charge >= 0.3 is 6.16 Å². The van der Waals surface area contributed by atoms with Gasteiger partial charge in [0.25, 0.3) is 5.79 Å². The Morgan fingerprint density at radius 2 is 2.04 bits per heavy atom. The second kappa shape index (κ2) is 5.85. The molecule has 146 valence electrons. The van der Waals surface area contributed by atoms with Crippen molar-refractivity contribution in [3.05, 3.63) is 53.4 Å². The maximum Gasteiger partial charge on any atom is 0.509 e. The molecule has 1 saturated carbocycles. The standard InChI is InChI=1S/C21H21NO6/c1-20(2)10-17-18(27-19(23)26-17)21(12-20)25-11-14-9-13(6-7-16(14)28-21)15-5-3-4-8-22(15)24/h3-9,17-18H,10-12H2,1-2H3/t17-,18-,21-/m1/s1. The molecule has 1 saturated heterocycles. The third-order valence-corrected chi connectivity index (χ3v) is 5.66. The second-order valence-electron chi connectivity index (χ2n) is 8.43. The Balaban J connectivity index is 1.50. The van der Waals surface area contributed by atoms with E-state index >= 15 is 0 Å². The van der Waals surface area contributed by atoms with Crippen molar-refractivity contribution in [2.24, 2.45) is 5.41 Å². The van der Waals surface area contributed by atoms with Crippen LogP contribution in [0, 0.1) is 10.6 Å². The summed E-state index contributed by atoms with van der Waals surface area (Å²) in [6.07, 6.45) is 1.08. The summed E-state index contributed by atoms with van der Waals surface area (Å²) in [5.41, 5.74) is 2.06. The zero-order valence-corrected chi connectivity index (χ0v) is 15.7. The van der Waals surface area contributed by atoms with Gasteiger partial charge in [-0.1, -0.05) is 13.8 Å². The van der Waals surface area contributed by atoms with Gasteiger partial charge in [0.2, 0.25) is 11.8 Å². The molecule has 0 bridgehead atoms. The predicted octanol–water partition coefficient (Wildman–Crippen LogP) is 3.32. The molecule has 2 aliphatic heterocycles. The molecule has 0 N–H and O–H groups in total. The second-order valence-corrected chi connectivity index (χ2v) is 8.43. The van der Waals surface area contributed by atoms with Crippen LogP contribution < -0.4 is 9.47 Å². The Kier molecular flexibility index (Phi) is 3.61. The third-order valence-electron chi connectivity index (χ3n) is 5.66. The van der Waals surface area contributed by atoms with Crippen molar-refractivity contribution < 1.29 is 28.5 Å². The minimum Gasteiger partial charge on any atom is -0.618 e. The van der Waals surface area contributed by atoms with Gasteiger partial charge in [0, 0.05) is 29.7 Å². The Hall–Kier alpha value is -2.80. The quantitative estimate of drug-likeness (QED) is 0.427. The highest BCUT2D eigenvalue weighted by Gasteiger charge is 2.62. The van der Waals surface area contributed by atoms with Gasteiger partial charge in [0.1, 0.15) is 11.9 Å². The van der Waals surface area contributed by atoms with Crippen molar-refractivity contribution in [2.45, 2.75) is 51.3 Å². The number of hydrogen-bond acceptors (Lipinski definition) is 6. The normalized spacial score (nSPS) is 30.0. The summed E-state index contributed by atoms with van der Waals surface area (Å²) in [4.78, 5) is 11.7. The van der Waals surface area contributed by atoms with Crippen LogP contribution in [0.3, 0.4) is 0 Å². The van der Waals surface area contributed by atoms with E-state index in [1.165, 1.54) is 6.20 Å². The Morgan fingerprint density at radius 1 is 1.18 bits per heavy atom. The van der Waals surface area contributed by atoms with Crippen molar-refractivity contribution >= 4 is 6.16 Å². The number of ether oxygens (including phenoxy) is 4. The van der Waals surface area contributed by atoms with E-state index < -0.39 is 18.0 Å². The van der Waals surface area contributed by atoms with Crippen LogP contribution in [-0.4, -0.2) is 24.2 Å². The maximum atomic E-state index is 12.0. The van der Waals surface area contributed by atoms with Gasteiger partial charge in [-0.05, 0) is 36.1 Å². The number of rotatable bonds is 1. The largest absolute Gasteiger partial charge is 0.618 e. The number of hydrogen-bond donors (Lipinski definition) is 0. The van der Waals surface area contributed by atoms with E-state index in [4.69, 9.17) is 18.9 Å². The van der Waals surface area contributed by atoms with Gasteiger partial charge in [0.05, 0.1) is 6.61 Å². The first-order chi connectivity index (χ1) is 13.4. The molecule has 7 nitrogen and oxygen atoms in total. The van der Waals surface area contributed by atoms with Gasteiger partial charge in [-0.25, -0.2) is 4.79 Å². The van der Waals surface area contributed by atoms with Crippen LogP contribution in [0.5, 0.6) is 5.75 Å². The molecule has 5 rings (SSSR count). The zero-order chi connectivity index (χ0) is 19.5. The zero-order valence-electron chi connectivity index (χ0n) is 15.7. The van der Waals surface area contributed by atoms with E-state index in [9.17, 15) is 10.0 Å². The van der Waals surface area contributed by atoms with E-state index in [-0.39, 0.29) is 11.5 Å². The van der Waals surface area contributed by atoms with Crippen molar-refractivity contribution in [3.8, 4) is 17.0 Å². The Morgan fingerprint density at radius 3 is 2.86 bits per heavy atom. The molecule has 1 spiro atoms. The number of carbonyl (C=O) groups is 1. The first-order valence-electron chi connectivity index (χ1n) is 9.37. The van der Waals surface area contributed by atoms with Gasteiger partial charge in [-0.2, -0.15) is 4.73 Å². The molecular weight excluding hydrogens is 362 g/mol. The number of pyridine rings is 1. The van der Waals surface area contributed by atoms with E-state index in [1.807, 2.05) is 24.3 Å². The Labute approximate surface area is 162 Å². The Bertz CT molecular complexity index is 958. The summed E-state index contributed by atoms with van der Waals surface area (Å²) >= 11 is 0. The maximum absolute atomic E-state index is 12.0. The molecule has 1 aromatic carbocycles. The molecule has 0 amide bonds. The summed E-state index contributed by atoms with van der Waals surface area (Å²) in [6.45, 7) is 4.50. The summed E-state index contributed by atoms with van der Waals surface area (Å²) in [5, 5.41) is 12.0. The monoisotopic (exact) mass is 383 g/mol. The molecule has 0 unspecified atom stereocenters. The fourth-order valence-electron chi connectivity index (χ4n) is 4.54. The van der Waals surface area contributed by atoms with Crippen LogP contribution in [0.4, 0.5) is 4.79 Å². The molecule has 3 heterocycles. The van der Waals surface area contributed by atoms with Crippen molar-refractivity contribution in [3.63, 3.8) is 0 Å². The molecule has 1 aromatic heterocycles. The molecule has 28 heavy (non-hydrogen) atoms. The summed E-state index contributed by atoms with van der Waals surface area (Å²) < 4.78 is 24.1. The molecule has 0 radical (unpaired) electrons. The minimum absolute atomic E-state index is 0.134. The third kappa shape index (κ3) is 2.69. The van der Waals surface area contributed by atoms with Crippen LogP contribution in [0.25, 0.3) is 11.3 Å². The summed E-state index contributed by atoms with van der Waals surface area (Å²) in [7, 11) is 0. The number of carbonyl (C=O) groups excluding carboxylic acids is 1. The number of nitrogens with zero attached hydrogens (tertiary/aromatic N) is 1. The smallest absolute Gasteiger partial charge is 0.509 e. The van der Waals surface area contributed by atoms with E-state index in [0.717, 1.165) is 15.9 Å². The van der Waals surface area contributed by atoms with Gasteiger partial charge in [-0.15, -0.1) is 0 Å². The van der Waals surface area contributed by atoms with Crippen molar-refractivity contribution in [1.29, 1.82) is 0 Å². The van der Waals surface area contributed by atoms with Gasteiger partial charge in [0.15, 0.2) is 6.20 Å². The number of benzene rings is 1. The van der Waals surface area contributed by atoms with Crippen molar-refractivity contribution in [1.82, 2.24) is 0 Å². The lowest BCUT2D eigenvalue weighted by Gasteiger charge is -2.49. The average Bonchev–Trinajstić information content (AvgIpc) is 3.01. The van der Waals surface area contributed by atoms with Crippen LogP contribution in [-0.2, 0) is 20.8 Å². The van der Waals surface area contributed by atoms with Crippen LogP contribution in [0.2, 0.25) is 0 Å². The van der Waals surface area contributed by atoms with E-state index in [0.29, 0.717) is 30.9 Å². The van der Waals surface area contributed by atoms with E-state index in [2.05, 4.69) is 13.8 Å². The van der Waals surface area contributed by atoms with Crippen LogP contribution >= 0.6 is 0 Å². The first-order valence-corrected chi connectivity index (χ1v) is 9.37. The lowest BCUT2D eigenvalue weighted by Crippen LogP contribution is -2.61. The van der Waals surface area contributed by atoms with Crippen LogP contribution in [0.1, 0.15) is 32.3 Å². The average molecular weight is 383 g/mol. The topological polar surface area (TPSA) is 80.9 Å². The fraction of sp³-hybridized carbons (Fsp3) is 0.429. The number of aromatic nitrogens is 1. The lowest BCUT2D eigenvalue weighted by atomic mass is 9.71. The highest BCUT2D eigenvalue weighted by molar-refractivity contribution is 5.63. The highest BCUT2D eigenvalue weighted by atomic mass is 16.8. The molecule has 3 aliphatic rings. The molecular formula is C21H21NO6. The van der Waals surface area contributed by atoms with Gasteiger partial charge < -0.3 is 24.2 Å². The lowest BCUT2D eigenvalue weighted by molar-refractivity contribution is -0.593. The first kappa shape index (κ1) is 17.3. The predicted molar refractivity (Wildman–Crippen MR) is 97.1 cm³/mol.